The molecule has 2 aliphatic heterocycles. The molecule has 0 N–H and O–H groups in total. The molecule has 25 heavy (non-hydrogen) atoms. The lowest BCUT2D eigenvalue weighted by atomic mass is 10.0. The van der Waals surface area contributed by atoms with Crippen molar-refractivity contribution in [2.75, 3.05) is 44.9 Å². The molecule has 0 aliphatic carbocycles. The summed E-state index contributed by atoms with van der Waals surface area (Å²) >= 11 is 0. The maximum Gasteiger partial charge on any atom is 0.256 e. The van der Waals surface area contributed by atoms with Gasteiger partial charge in [-0.25, -0.2) is 8.42 Å². The summed E-state index contributed by atoms with van der Waals surface area (Å²) in [7, 11) is -1.51. The monoisotopic (exact) mass is 367 g/mol. The van der Waals surface area contributed by atoms with Crippen molar-refractivity contribution in [2.24, 2.45) is 0 Å². The lowest BCUT2D eigenvalue weighted by Gasteiger charge is -2.44. The van der Waals surface area contributed by atoms with Crippen molar-refractivity contribution >= 4 is 15.7 Å². The molecule has 0 aromatic carbocycles. The Morgan fingerprint density at radius 1 is 1.28 bits per heavy atom. The highest BCUT2D eigenvalue weighted by atomic mass is 32.2. The van der Waals surface area contributed by atoms with Crippen LogP contribution in [0.15, 0.2) is 12.3 Å². The molecule has 1 aromatic rings. The van der Waals surface area contributed by atoms with Crippen LogP contribution in [0.5, 0.6) is 0 Å². The normalized spacial score (nSPS) is 25.8. The maximum absolute atomic E-state index is 13.1. The summed E-state index contributed by atoms with van der Waals surface area (Å²) in [6.07, 6.45) is 1.60. The van der Waals surface area contributed by atoms with Gasteiger partial charge in [0.1, 0.15) is 0 Å². The van der Waals surface area contributed by atoms with Gasteiger partial charge in [-0.2, -0.15) is 0 Å². The topological polar surface area (TPSA) is 79.8 Å². The van der Waals surface area contributed by atoms with Gasteiger partial charge in [0.15, 0.2) is 9.84 Å². The van der Waals surface area contributed by atoms with Crippen LogP contribution in [0.3, 0.4) is 0 Å². The first-order valence-corrected chi connectivity index (χ1v) is 10.3. The zero-order chi connectivity index (χ0) is 18.2. The predicted octanol–water partition coefficient (Wildman–Crippen LogP) is 0.268. The average Bonchev–Trinajstić information content (AvgIpc) is 2.87. The fraction of sp³-hybridized carbons (Fsp3) is 0.647. The summed E-state index contributed by atoms with van der Waals surface area (Å²) in [6, 6.07) is 1.42. The van der Waals surface area contributed by atoms with Crippen LogP contribution in [0, 0.1) is 13.8 Å². The summed E-state index contributed by atoms with van der Waals surface area (Å²) in [6.45, 7) is 6.18. The van der Waals surface area contributed by atoms with Gasteiger partial charge < -0.3 is 9.64 Å². The number of carbonyl (C=O) groups is 1. The summed E-state index contributed by atoms with van der Waals surface area (Å²) < 4.78 is 29.6. The Hall–Kier alpha value is -1.51. The van der Waals surface area contributed by atoms with Crippen LogP contribution in [0.4, 0.5) is 0 Å². The Morgan fingerprint density at radius 3 is 2.68 bits per heavy atom. The van der Waals surface area contributed by atoms with Crippen molar-refractivity contribution in [3.8, 4) is 0 Å². The standard InChI is InChI=1S/C17H25N3O4S/c1-12-8-13(2)18-9-14(12)17(21)20-5-4-19(6-7-24-3)15-10-25(22,23)11-16(15)20/h8-9,15-16H,4-7,10-11H2,1-3H3. The molecular formula is C17H25N3O4S. The smallest absolute Gasteiger partial charge is 0.256 e. The third-order valence-electron chi connectivity index (χ3n) is 5.11. The van der Waals surface area contributed by atoms with E-state index in [-0.39, 0.29) is 29.5 Å². The zero-order valence-electron chi connectivity index (χ0n) is 14.9. The van der Waals surface area contributed by atoms with Gasteiger partial charge in [0.25, 0.3) is 5.91 Å². The van der Waals surface area contributed by atoms with Gasteiger partial charge in [0.05, 0.1) is 29.7 Å². The van der Waals surface area contributed by atoms with Gasteiger partial charge in [-0.05, 0) is 25.5 Å². The van der Waals surface area contributed by atoms with E-state index in [0.717, 1.165) is 11.3 Å². The lowest BCUT2D eigenvalue weighted by molar-refractivity contribution is 0.0246. The number of carbonyl (C=O) groups excluding carboxylic acids is 1. The third kappa shape index (κ3) is 3.70. The minimum Gasteiger partial charge on any atom is -0.383 e. The van der Waals surface area contributed by atoms with Crippen molar-refractivity contribution in [1.82, 2.24) is 14.8 Å². The number of ether oxygens (including phenoxy) is 1. The molecule has 8 heteroatoms. The highest BCUT2D eigenvalue weighted by Crippen LogP contribution is 2.28. The van der Waals surface area contributed by atoms with Crippen LogP contribution in [0.1, 0.15) is 21.6 Å². The van der Waals surface area contributed by atoms with Gasteiger partial charge in [-0.1, -0.05) is 0 Å². The molecular weight excluding hydrogens is 342 g/mol. The SMILES string of the molecule is COCCN1CCN(C(=O)c2cnc(C)cc2C)C2CS(=O)(=O)CC21. The Balaban J connectivity index is 1.86. The Kier molecular flexibility index (Phi) is 5.13. The number of aryl methyl sites for hydroxylation is 2. The summed E-state index contributed by atoms with van der Waals surface area (Å²) in [5, 5.41) is 0. The highest BCUT2D eigenvalue weighted by molar-refractivity contribution is 7.91. The van der Waals surface area contributed by atoms with Crippen LogP contribution in [0.25, 0.3) is 0 Å². The maximum atomic E-state index is 13.1. The molecule has 1 amide bonds. The quantitative estimate of drug-likeness (QED) is 0.760. The summed E-state index contributed by atoms with van der Waals surface area (Å²) in [5.41, 5.74) is 2.29. The van der Waals surface area contributed by atoms with Crippen molar-refractivity contribution in [1.29, 1.82) is 0 Å². The van der Waals surface area contributed by atoms with Crippen LogP contribution in [-0.2, 0) is 14.6 Å². The molecule has 1 aromatic heterocycles. The number of sulfone groups is 1. The molecule has 0 bridgehead atoms. The fourth-order valence-electron chi connectivity index (χ4n) is 3.84. The van der Waals surface area contributed by atoms with Crippen LogP contribution in [-0.4, -0.2) is 86.0 Å². The molecule has 7 nitrogen and oxygen atoms in total. The number of nitrogens with zero attached hydrogens (tertiary/aromatic N) is 3. The summed E-state index contributed by atoms with van der Waals surface area (Å²) in [5.74, 6) is 0.0186. The fourth-order valence-corrected chi connectivity index (χ4v) is 5.85. The second kappa shape index (κ2) is 7.01. The van der Waals surface area contributed by atoms with Crippen molar-refractivity contribution in [3.63, 3.8) is 0 Å². The second-order valence-electron chi connectivity index (χ2n) is 6.88. The highest BCUT2D eigenvalue weighted by Gasteiger charge is 2.48. The average molecular weight is 367 g/mol. The molecule has 3 heterocycles. The van der Waals surface area contributed by atoms with Gasteiger partial charge in [0.2, 0.25) is 0 Å². The first-order chi connectivity index (χ1) is 11.8. The molecule has 2 unspecified atom stereocenters. The number of pyridine rings is 1. The molecule has 0 spiro atoms. The minimum atomic E-state index is -3.14. The number of fused-ring (bicyclic) bond motifs is 1. The van der Waals surface area contributed by atoms with E-state index in [1.807, 2.05) is 19.9 Å². The van der Waals surface area contributed by atoms with E-state index in [4.69, 9.17) is 4.74 Å². The van der Waals surface area contributed by atoms with E-state index < -0.39 is 9.84 Å². The third-order valence-corrected chi connectivity index (χ3v) is 6.81. The predicted molar refractivity (Wildman–Crippen MR) is 94.4 cm³/mol. The van der Waals surface area contributed by atoms with Crippen molar-refractivity contribution in [2.45, 2.75) is 25.9 Å². The molecule has 2 saturated heterocycles. The number of piperazine rings is 1. The zero-order valence-corrected chi connectivity index (χ0v) is 15.8. The van der Waals surface area contributed by atoms with Crippen LogP contribution < -0.4 is 0 Å². The lowest BCUT2D eigenvalue weighted by Crippen LogP contribution is -2.61. The number of hydrogen-bond acceptors (Lipinski definition) is 6. The van der Waals surface area contributed by atoms with Crippen LogP contribution >= 0.6 is 0 Å². The van der Waals surface area contributed by atoms with Gasteiger partial charge >= 0.3 is 0 Å². The minimum absolute atomic E-state index is 0.0330. The van der Waals surface area contributed by atoms with E-state index in [2.05, 4.69) is 9.88 Å². The number of rotatable bonds is 4. The number of amides is 1. The molecule has 138 valence electrons. The number of hydrogen-bond donors (Lipinski definition) is 0. The number of methoxy groups -OCH3 is 1. The largest absolute Gasteiger partial charge is 0.383 e. The summed E-state index contributed by atoms with van der Waals surface area (Å²) in [4.78, 5) is 21.2. The van der Waals surface area contributed by atoms with E-state index in [1.54, 1.807) is 18.2 Å². The molecule has 2 atom stereocenters. The second-order valence-corrected chi connectivity index (χ2v) is 9.03. The molecule has 2 fully saturated rings. The Labute approximate surface area is 148 Å². The van der Waals surface area contributed by atoms with Crippen molar-refractivity contribution in [3.05, 3.63) is 29.1 Å². The molecule has 0 radical (unpaired) electrons. The molecule has 3 rings (SSSR count). The first kappa shape index (κ1) is 18.3. The van der Waals surface area contributed by atoms with E-state index in [1.165, 1.54) is 0 Å². The molecule has 2 aliphatic rings. The van der Waals surface area contributed by atoms with E-state index >= 15 is 0 Å². The first-order valence-electron chi connectivity index (χ1n) is 8.50. The number of aromatic nitrogens is 1. The van der Waals surface area contributed by atoms with E-state index in [9.17, 15) is 13.2 Å². The van der Waals surface area contributed by atoms with Gasteiger partial charge in [-0.15, -0.1) is 0 Å². The van der Waals surface area contributed by atoms with Gasteiger partial charge in [0, 0.05) is 44.7 Å². The van der Waals surface area contributed by atoms with Crippen molar-refractivity contribution < 1.29 is 17.9 Å². The van der Waals surface area contributed by atoms with Gasteiger partial charge in [-0.3, -0.25) is 14.7 Å². The Bertz CT molecular complexity index is 765. The Morgan fingerprint density at radius 2 is 2.00 bits per heavy atom. The van der Waals surface area contributed by atoms with E-state index in [0.29, 0.717) is 31.8 Å². The molecule has 0 saturated carbocycles. The van der Waals surface area contributed by atoms with Crippen LogP contribution in [0.2, 0.25) is 0 Å².